The molecule has 1 aliphatic carbocycles. The summed E-state index contributed by atoms with van der Waals surface area (Å²) in [5.74, 6) is 1.03. The fraction of sp³-hybridized carbons (Fsp3) is 0.263. The second-order valence-electron chi connectivity index (χ2n) is 6.46. The molecule has 0 fully saturated rings. The number of halogens is 1. The van der Waals surface area contributed by atoms with E-state index in [0.29, 0.717) is 5.69 Å². The number of nitrogens with one attached hydrogen (secondary N) is 1. The molecule has 0 saturated heterocycles. The Morgan fingerprint density at radius 1 is 1.08 bits per heavy atom. The Morgan fingerprint density at radius 3 is 2.56 bits per heavy atom. The second-order valence-corrected chi connectivity index (χ2v) is 9.00. The van der Waals surface area contributed by atoms with Gasteiger partial charge in [-0.3, -0.25) is 4.72 Å². The zero-order valence-corrected chi connectivity index (χ0v) is 16.2. The minimum atomic E-state index is -3.62. The number of anilines is 1. The highest BCUT2D eigenvalue weighted by Gasteiger charge is 2.21. The van der Waals surface area contributed by atoms with Gasteiger partial charge in [-0.05, 0) is 66.4 Å². The summed E-state index contributed by atoms with van der Waals surface area (Å²) in [5.41, 5.74) is 3.56. The Bertz CT molecular complexity index is 1050. The van der Waals surface area contributed by atoms with E-state index in [9.17, 15) is 8.42 Å². The number of benzene rings is 2. The number of fused-ring (bicyclic) bond motifs is 3. The van der Waals surface area contributed by atoms with Crippen molar-refractivity contribution in [1.29, 1.82) is 0 Å². The normalized spacial score (nSPS) is 14.5. The van der Waals surface area contributed by atoms with Gasteiger partial charge in [0.25, 0.3) is 10.0 Å². The van der Waals surface area contributed by atoms with Crippen LogP contribution in [0.4, 0.5) is 5.69 Å². The third kappa shape index (κ3) is 3.09. The molecule has 0 atom stereocenters. The molecule has 25 heavy (non-hydrogen) atoms. The lowest BCUT2D eigenvalue weighted by Crippen LogP contribution is -2.12. The smallest absolute Gasteiger partial charge is 0.261 e. The van der Waals surface area contributed by atoms with Crippen molar-refractivity contribution < 1.29 is 12.8 Å². The quantitative estimate of drug-likeness (QED) is 0.635. The van der Waals surface area contributed by atoms with Crippen molar-refractivity contribution in [1.82, 2.24) is 0 Å². The number of hydrogen-bond donors (Lipinski definition) is 1. The lowest BCUT2D eigenvalue weighted by Gasteiger charge is -2.10. The van der Waals surface area contributed by atoms with Gasteiger partial charge in [-0.15, -0.1) is 0 Å². The summed E-state index contributed by atoms with van der Waals surface area (Å²) in [5, 5.41) is 0.991. The van der Waals surface area contributed by atoms with Crippen molar-refractivity contribution in [2.45, 2.75) is 37.5 Å². The van der Waals surface area contributed by atoms with E-state index in [2.05, 4.69) is 20.7 Å². The highest BCUT2D eigenvalue weighted by molar-refractivity contribution is 9.10. The van der Waals surface area contributed by atoms with Crippen LogP contribution in [0.5, 0.6) is 0 Å². The average molecular weight is 420 g/mol. The summed E-state index contributed by atoms with van der Waals surface area (Å²) in [6, 6.07) is 10.4. The van der Waals surface area contributed by atoms with E-state index >= 15 is 0 Å². The molecule has 130 valence electrons. The molecule has 1 aromatic heterocycles. The maximum Gasteiger partial charge on any atom is 0.261 e. The number of hydrogen-bond acceptors (Lipinski definition) is 3. The van der Waals surface area contributed by atoms with E-state index < -0.39 is 10.0 Å². The van der Waals surface area contributed by atoms with Crippen LogP contribution in [0.25, 0.3) is 11.0 Å². The third-order valence-electron chi connectivity index (χ3n) is 4.59. The van der Waals surface area contributed by atoms with Crippen LogP contribution in [0.2, 0.25) is 0 Å². The first-order valence-electron chi connectivity index (χ1n) is 8.27. The molecule has 1 aliphatic rings. The summed E-state index contributed by atoms with van der Waals surface area (Å²) in [6.07, 6.45) is 4.19. The fourth-order valence-corrected chi connectivity index (χ4v) is 4.89. The summed E-state index contributed by atoms with van der Waals surface area (Å²) in [6.45, 7) is 1.93. The Hall–Kier alpha value is -1.79. The van der Waals surface area contributed by atoms with Crippen molar-refractivity contribution in [3.05, 3.63) is 57.8 Å². The van der Waals surface area contributed by atoms with Crippen LogP contribution < -0.4 is 4.72 Å². The Morgan fingerprint density at radius 2 is 1.80 bits per heavy atom. The predicted octanol–water partition coefficient (Wildman–Crippen LogP) is 5.18. The highest BCUT2D eigenvalue weighted by atomic mass is 79.9. The van der Waals surface area contributed by atoms with Crippen LogP contribution in [0.15, 0.2) is 50.2 Å². The zero-order valence-electron chi connectivity index (χ0n) is 13.8. The molecule has 3 aromatic rings. The van der Waals surface area contributed by atoms with Gasteiger partial charge in [-0.1, -0.05) is 17.7 Å². The maximum atomic E-state index is 12.6. The molecule has 4 rings (SSSR count). The minimum Gasteiger partial charge on any atom is -0.460 e. The van der Waals surface area contributed by atoms with Gasteiger partial charge in [0.05, 0.1) is 15.1 Å². The van der Waals surface area contributed by atoms with Crippen molar-refractivity contribution >= 4 is 42.6 Å². The standard InChI is InChI=1S/C19H18BrNO3S/c1-12-6-8-14(9-7-12)25(22,23)21-13-10-16-15-4-2-3-5-18(15)24-19(16)17(20)11-13/h6-11,21H,2-5H2,1H3. The van der Waals surface area contributed by atoms with Crippen molar-refractivity contribution in [3.63, 3.8) is 0 Å². The molecular weight excluding hydrogens is 402 g/mol. The van der Waals surface area contributed by atoms with E-state index in [1.807, 2.05) is 13.0 Å². The molecule has 1 N–H and O–H groups in total. The Balaban J connectivity index is 1.75. The van der Waals surface area contributed by atoms with Crippen LogP contribution in [-0.2, 0) is 22.9 Å². The first-order valence-corrected chi connectivity index (χ1v) is 10.5. The van der Waals surface area contributed by atoms with E-state index in [1.54, 1.807) is 30.3 Å². The minimum absolute atomic E-state index is 0.253. The lowest BCUT2D eigenvalue weighted by molar-refractivity contribution is 0.505. The number of sulfonamides is 1. The third-order valence-corrected chi connectivity index (χ3v) is 6.58. The predicted molar refractivity (Wildman–Crippen MR) is 103 cm³/mol. The molecule has 6 heteroatoms. The molecule has 2 aromatic carbocycles. The van der Waals surface area contributed by atoms with E-state index in [1.165, 1.54) is 5.56 Å². The molecule has 0 unspecified atom stereocenters. The van der Waals surface area contributed by atoms with Crippen LogP contribution in [0.1, 0.15) is 29.7 Å². The van der Waals surface area contributed by atoms with Gasteiger partial charge in [-0.25, -0.2) is 8.42 Å². The SMILES string of the molecule is Cc1ccc(S(=O)(=O)Nc2cc(Br)c3oc4c(c3c2)CCCC4)cc1. The van der Waals surface area contributed by atoms with Crippen LogP contribution in [0.3, 0.4) is 0 Å². The van der Waals surface area contributed by atoms with Gasteiger partial charge in [0.2, 0.25) is 0 Å². The number of rotatable bonds is 3. The molecular formula is C19H18BrNO3S. The van der Waals surface area contributed by atoms with Gasteiger partial charge in [0.15, 0.2) is 0 Å². The lowest BCUT2D eigenvalue weighted by atomic mass is 9.96. The van der Waals surface area contributed by atoms with Gasteiger partial charge in [0, 0.05) is 17.4 Å². The summed E-state index contributed by atoms with van der Waals surface area (Å²) >= 11 is 3.52. The summed E-state index contributed by atoms with van der Waals surface area (Å²) in [4.78, 5) is 0.253. The highest BCUT2D eigenvalue weighted by Crippen LogP contribution is 2.38. The van der Waals surface area contributed by atoms with E-state index in [-0.39, 0.29) is 4.90 Å². The summed E-state index contributed by atoms with van der Waals surface area (Å²) < 4.78 is 34.7. The Kier molecular flexibility index (Phi) is 4.12. The first-order chi connectivity index (χ1) is 11.9. The zero-order chi connectivity index (χ0) is 17.6. The van der Waals surface area contributed by atoms with Crippen molar-refractivity contribution in [2.24, 2.45) is 0 Å². The Labute approximate surface area is 155 Å². The number of aryl methyl sites for hydroxylation is 3. The van der Waals surface area contributed by atoms with Gasteiger partial charge < -0.3 is 4.42 Å². The monoisotopic (exact) mass is 419 g/mol. The van der Waals surface area contributed by atoms with Crippen LogP contribution >= 0.6 is 15.9 Å². The molecule has 1 heterocycles. The van der Waals surface area contributed by atoms with Gasteiger partial charge in [-0.2, -0.15) is 0 Å². The topological polar surface area (TPSA) is 59.3 Å². The fourth-order valence-electron chi connectivity index (χ4n) is 3.31. The van der Waals surface area contributed by atoms with Crippen molar-refractivity contribution in [3.8, 4) is 0 Å². The van der Waals surface area contributed by atoms with Gasteiger partial charge in [0.1, 0.15) is 11.3 Å². The second kappa shape index (κ2) is 6.18. The molecule has 0 bridgehead atoms. The molecule has 4 nitrogen and oxygen atoms in total. The molecule has 0 aliphatic heterocycles. The van der Waals surface area contributed by atoms with E-state index in [0.717, 1.165) is 52.4 Å². The first kappa shape index (κ1) is 16.7. The largest absolute Gasteiger partial charge is 0.460 e. The van der Waals surface area contributed by atoms with Crippen LogP contribution in [0, 0.1) is 6.92 Å². The average Bonchev–Trinajstić information content (AvgIpc) is 2.94. The van der Waals surface area contributed by atoms with Crippen LogP contribution in [-0.4, -0.2) is 8.42 Å². The number of furan rings is 1. The van der Waals surface area contributed by atoms with Gasteiger partial charge >= 0.3 is 0 Å². The molecule has 0 saturated carbocycles. The molecule has 0 spiro atoms. The molecule has 0 radical (unpaired) electrons. The summed E-state index contributed by atoms with van der Waals surface area (Å²) in [7, 11) is -3.62. The van der Waals surface area contributed by atoms with E-state index in [4.69, 9.17) is 4.42 Å². The van der Waals surface area contributed by atoms with Crippen molar-refractivity contribution in [2.75, 3.05) is 4.72 Å². The molecule has 0 amide bonds. The maximum absolute atomic E-state index is 12.6.